The zero-order chi connectivity index (χ0) is 24.3. The van der Waals surface area contributed by atoms with Crippen molar-refractivity contribution in [2.75, 3.05) is 26.3 Å². The predicted molar refractivity (Wildman–Crippen MR) is 124 cm³/mol. The van der Waals surface area contributed by atoms with Crippen LogP contribution >= 0.6 is 0 Å². The van der Waals surface area contributed by atoms with Crippen molar-refractivity contribution in [1.29, 1.82) is 0 Å². The minimum Gasteiger partial charge on any atom is -0.490 e. The number of piperazine rings is 1. The number of hydrogen-bond donors (Lipinski definition) is 2. The fourth-order valence-corrected chi connectivity index (χ4v) is 3.42. The number of rotatable bonds is 9. The molecule has 34 heavy (non-hydrogen) atoms. The fourth-order valence-electron chi connectivity index (χ4n) is 3.42. The number of esters is 1. The van der Waals surface area contributed by atoms with E-state index < -0.39 is 29.7 Å². The lowest BCUT2D eigenvalue weighted by molar-refractivity contribution is -0.151. The van der Waals surface area contributed by atoms with Crippen LogP contribution in [0, 0.1) is 0 Å². The summed E-state index contributed by atoms with van der Waals surface area (Å²) in [6.07, 6.45) is 1.22. The van der Waals surface area contributed by atoms with Crippen molar-refractivity contribution in [3.63, 3.8) is 0 Å². The van der Waals surface area contributed by atoms with Gasteiger partial charge in [0.05, 0.1) is 6.42 Å². The number of benzene rings is 2. The second-order valence-corrected chi connectivity index (χ2v) is 7.54. The molecule has 9 nitrogen and oxygen atoms in total. The molecule has 0 aliphatic carbocycles. The molecule has 2 aromatic carbocycles. The SMILES string of the molecule is CC(=O)N/C(=C/c1ccccc1)C(=O)N1CCNC(=O)C1CC(=O)OCCOc1ccccc1. The van der Waals surface area contributed by atoms with Crippen LogP contribution < -0.4 is 15.4 Å². The molecule has 9 heteroatoms. The maximum atomic E-state index is 13.3. The van der Waals surface area contributed by atoms with Gasteiger partial charge < -0.3 is 25.0 Å². The zero-order valence-electron chi connectivity index (χ0n) is 18.9. The first-order valence-corrected chi connectivity index (χ1v) is 10.9. The lowest BCUT2D eigenvalue weighted by Gasteiger charge is -2.35. The Hall–Kier alpha value is -4.14. The fraction of sp³-hybridized carbons (Fsp3) is 0.280. The van der Waals surface area contributed by atoms with E-state index in [0.29, 0.717) is 11.3 Å². The van der Waals surface area contributed by atoms with Crippen LogP contribution in [0.3, 0.4) is 0 Å². The number of nitrogens with zero attached hydrogens (tertiary/aromatic N) is 1. The van der Waals surface area contributed by atoms with Gasteiger partial charge in [0, 0.05) is 20.0 Å². The van der Waals surface area contributed by atoms with Crippen molar-refractivity contribution in [1.82, 2.24) is 15.5 Å². The molecule has 178 valence electrons. The molecule has 1 heterocycles. The molecule has 0 spiro atoms. The second kappa shape index (κ2) is 12.2. The number of para-hydroxylation sites is 1. The van der Waals surface area contributed by atoms with Gasteiger partial charge in [-0.2, -0.15) is 0 Å². The normalized spacial score (nSPS) is 15.8. The molecule has 1 fully saturated rings. The number of amides is 3. The summed E-state index contributed by atoms with van der Waals surface area (Å²) in [5, 5.41) is 5.21. The number of carbonyl (C=O) groups is 4. The van der Waals surface area contributed by atoms with Crippen LogP contribution in [-0.4, -0.2) is 60.9 Å². The Morgan fingerprint density at radius 1 is 1.06 bits per heavy atom. The molecule has 2 aromatic rings. The maximum Gasteiger partial charge on any atom is 0.308 e. The van der Waals surface area contributed by atoms with Crippen LogP contribution in [0.2, 0.25) is 0 Å². The molecule has 3 amide bonds. The summed E-state index contributed by atoms with van der Waals surface area (Å²) in [6.45, 7) is 1.87. The Balaban J connectivity index is 1.64. The molecule has 3 rings (SSSR count). The van der Waals surface area contributed by atoms with Gasteiger partial charge in [0.15, 0.2) is 0 Å². The number of nitrogens with one attached hydrogen (secondary N) is 2. The van der Waals surface area contributed by atoms with E-state index in [1.807, 2.05) is 24.3 Å². The quantitative estimate of drug-likeness (QED) is 0.330. The van der Waals surface area contributed by atoms with E-state index in [2.05, 4.69) is 10.6 Å². The van der Waals surface area contributed by atoms with Crippen LogP contribution in [0.15, 0.2) is 66.4 Å². The largest absolute Gasteiger partial charge is 0.490 e. The Kier molecular flexibility index (Phi) is 8.79. The van der Waals surface area contributed by atoms with E-state index in [1.165, 1.54) is 17.9 Å². The van der Waals surface area contributed by atoms with Crippen molar-refractivity contribution >= 4 is 29.8 Å². The molecule has 1 aliphatic rings. The third kappa shape index (κ3) is 7.19. The minimum absolute atomic E-state index is 0.00106. The molecule has 0 bridgehead atoms. The zero-order valence-corrected chi connectivity index (χ0v) is 18.9. The molecule has 2 N–H and O–H groups in total. The molecule has 1 unspecified atom stereocenters. The summed E-state index contributed by atoms with van der Waals surface area (Å²) in [5.74, 6) is -1.42. The smallest absolute Gasteiger partial charge is 0.308 e. The summed E-state index contributed by atoms with van der Waals surface area (Å²) in [5.41, 5.74) is 0.721. The maximum absolute atomic E-state index is 13.3. The van der Waals surface area contributed by atoms with E-state index in [0.717, 1.165) is 0 Å². The first-order valence-electron chi connectivity index (χ1n) is 10.9. The van der Waals surface area contributed by atoms with Crippen molar-refractivity contribution in [2.24, 2.45) is 0 Å². The van der Waals surface area contributed by atoms with Crippen LogP contribution in [-0.2, 0) is 23.9 Å². The van der Waals surface area contributed by atoms with Gasteiger partial charge in [-0.05, 0) is 23.8 Å². The van der Waals surface area contributed by atoms with E-state index in [1.54, 1.807) is 36.4 Å². The predicted octanol–water partition coefficient (Wildman–Crippen LogP) is 1.50. The lowest BCUT2D eigenvalue weighted by Crippen LogP contribution is -2.58. The first kappa shape index (κ1) is 24.5. The Morgan fingerprint density at radius 2 is 1.74 bits per heavy atom. The van der Waals surface area contributed by atoms with Crippen LogP contribution in [0.4, 0.5) is 0 Å². The highest BCUT2D eigenvalue weighted by Gasteiger charge is 2.36. The molecule has 0 radical (unpaired) electrons. The molecule has 0 saturated carbocycles. The molecular formula is C25H27N3O6. The van der Waals surface area contributed by atoms with E-state index in [-0.39, 0.29) is 38.4 Å². The second-order valence-electron chi connectivity index (χ2n) is 7.54. The van der Waals surface area contributed by atoms with Crippen LogP contribution in [0.5, 0.6) is 5.75 Å². The van der Waals surface area contributed by atoms with Gasteiger partial charge in [-0.15, -0.1) is 0 Å². The van der Waals surface area contributed by atoms with E-state index in [9.17, 15) is 19.2 Å². The standard InChI is InChI=1S/C25H27N3O6/c1-18(29)27-21(16-19-8-4-2-5-9-19)25(32)28-13-12-26-24(31)22(28)17-23(30)34-15-14-33-20-10-6-3-7-11-20/h2-11,16,22H,12-15,17H2,1H3,(H,26,31)(H,27,29)/b21-16+. The number of ether oxygens (including phenoxy) is 2. The van der Waals surface area contributed by atoms with Gasteiger partial charge in [0.25, 0.3) is 5.91 Å². The molecule has 1 aliphatic heterocycles. The topological polar surface area (TPSA) is 114 Å². The number of hydrogen-bond acceptors (Lipinski definition) is 6. The molecule has 1 atom stereocenters. The third-order valence-corrected chi connectivity index (χ3v) is 4.96. The van der Waals surface area contributed by atoms with Gasteiger partial charge in [0.2, 0.25) is 11.8 Å². The van der Waals surface area contributed by atoms with Crippen molar-refractivity contribution < 1.29 is 28.7 Å². The third-order valence-electron chi connectivity index (χ3n) is 4.96. The highest BCUT2D eigenvalue weighted by atomic mass is 16.6. The van der Waals surface area contributed by atoms with Gasteiger partial charge in [0.1, 0.15) is 30.7 Å². The summed E-state index contributed by atoms with van der Waals surface area (Å²) in [6, 6.07) is 17.0. The average molecular weight is 466 g/mol. The molecule has 1 saturated heterocycles. The summed E-state index contributed by atoms with van der Waals surface area (Å²) in [7, 11) is 0. The monoisotopic (exact) mass is 465 g/mol. The summed E-state index contributed by atoms with van der Waals surface area (Å²) >= 11 is 0. The van der Waals surface area contributed by atoms with Crippen molar-refractivity contribution in [3.05, 3.63) is 71.9 Å². The average Bonchev–Trinajstić information content (AvgIpc) is 2.83. The van der Waals surface area contributed by atoms with Gasteiger partial charge >= 0.3 is 5.97 Å². The Labute approximate surface area is 197 Å². The van der Waals surface area contributed by atoms with Gasteiger partial charge in [-0.1, -0.05) is 48.5 Å². The highest BCUT2D eigenvalue weighted by molar-refractivity contribution is 6.03. The molecular weight excluding hydrogens is 438 g/mol. The first-order chi connectivity index (χ1) is 16.4. The van der Waals surface area contributed by atoms with E-state index >= 15 is 0 Å². The van der Waals surface area contributed by atoms with Gasteiger partial charge in [-0.3, -0.25) is 19.2 Å². The van der Waals surface area contributed by atoms with E-state index in [4.69, 9.17) is 9.47 Å². The number of carbonyl (C=O) groups excluding carboxylic acids is 4. The van der Waals surface area contributed by atoms with Crippen molar-refractivity contribution in [3.8, 4) is 5.75 Å². The van der Waals surface area contributed by atoms with Crippen LogP contribution in [0.1, 0.15) is 18.9 Å². The summed E-state index contributed by atoms with van der Waals surface area (Å²) < 4.78 is 10.7. The Bertz CT molecular complexity index is 1040. The summed E-state index contributed by atoms with van der Waals surface area (Å²) in [4.78, 5) is 51.2. The highest BCUT2D eigenvalue weighted by Crippen LogP contribution is 2.15. The Morgan fingerprint density at radius 3 is 2.41 bits per heavy atom. The minimum atomic E-state index is -1.06. The lowest BCUT2D eigenvalue weighted by atomic mass is 10.1. The van der Waals surface area contributed by atoms with Gasteiger partial charge in [-0.25, -0.2) is 0 Å². The van der Waals surface area contributed by atoms with Crippen molar-refractivity contribution in [2.45, 2.75) is 19.4 Å². The van der Waals surface area contributed by atoms with Crippen LogP contribution in [0.25, 0.3) is 6.08 Å². The molecule has 0 aromatic heterocycles.